The average molecular weight is 367 g/mol. The van der Waals surface area contributed by atoms with Crippen LogP contribution >= 0.6 is 23.2 Å². The molecule has 3 aromatic carbocycles. The van der Waals surface area contributed by atoms with Gasteiger partial charge in [-0.05, 0) is 60.0 Å². The van der Waals surface area contributed by atoms with Gasteiger partial charge in [-0.25, -0.2) is 0 Å². The van der Waals surface area contributed by atoms with Crippen LogP contribution in [-0.2, 0) is 0 Å². The maximum atomic E-state index is 6.32. The third-order valence-electron chi connectivity index (χ3n) is 4.48. The van der Waals surface area contributed by atoms with Gasteiger partial charge < -0.3 is 4.74 Å². The quantitative estimate of drug-likeness (QED) is 0.439. The Hall–Kier alpha value is -2.22. The van der Waals surface area contributed by atoms with Crippen molar-refractivity contribution < 1.29 is 4.74 Å². The Kier molecular flexibility index (Phi) is 3.87. The van der Waals surface area contributed by atoms with Crippen LogP contribution in [0.1, 0.15) is 22.3 Å². The van der Waals surface area contributed by atoms with Crippen LogP contribution in [-0.4, -0.2) is 0 Å². The molecule has 1 aliphatic heterocycles. The van der Waals surface area contributed by atoms with Crippen LogP contribution in [0.15, 0.2) is 48.5 Å². The molecule has 4 rings (SSSR count). The third kappa shape index (κ3) is 2.74. The predicted molar refractivity (Wildman–Crippen MR) is 105 cm³/mol. The molecule has 0 fully saturated rings. The second kappa shape index (κ2) is 5.94. The largest absolute Gasteiger partial charge is 0.456 e. The van der Waals surface area contributed by atoms with Gasteiger partial charge in [-0.2, -0.15) is 0 Å². The van der Waals surface area contributed by atoms with E-state index >= 15 is 0 Å². The van der Waals surface area contributed by atoms with Crippen LogP contribution in [0.25, 0.3) is 12.2 Å². The molecule has 1 heterocycles. The Morgan fingerprint density at radius 1 is 0.800 bits per heavy atom. The zero-order chi connectivity index (χ0) is 17.7. The normalized spacial score (nSPS) is 12.4. The molecule has 0 amide bonds. The Labute approximate surface area is 156 Å². The lowest BCUT2D eigenvalue weighted by Crippen LogP contribution is -2.20. The highest BCUT2D eigenvalue weighted by molar-refractivity contribution is 6.42. The van der Waals surface area contributed by atoms with E-state index in [4.69, 9.17) is 27.9 Å². The lowest BCUT2D eigenvalue weighted by atomic mass is 9.89. The minimum Gasteiger partial charge on any atom is -0.456 e. The van der Waals surface area contributed by atoms with Gasteiger partial charge in [0.25, 0.3) is 0 Å². The van der Waals surface area contributed by atoms with Crippen molar-refractivity contribution in [2.45, 2.75) is 13.8 Å². The third-order valence-corrected chi connectivity index (χ3v) is 5.20. The van der Waals surface area contributed by atoms with Crippen molar-refractivity contribution in [2.75, 3.05) is 0 Å². The maximum absolute atomic E-state index is 6.32. The van der Waals surface area contributed by atoms with Crippen LogP contribution in [0.5, 0.6) is 11.5 Å². The standard InChI is InChI=1S/C22H16Cl2O/c1-12-4-6-15-20(8-12)25-21-9-13(2)5-7-16(21)22(15)17-11-19(24)18(23)10-14(17)3/h4-11H,1H2,2-3H3. The molecule has 1 nitrogen and oxygen atoms in total. The van der Waals surface area contributed by atoms with Crippen molar-refractivity contribution in [1.82, 2.24) is 0 Å². The van der Waals surface area contributed by atoms with Crippen LogP contribution < -0.4 is 15.2 Å². The molecule has 0 aliphatic carbocycles. The average Bonchev–Trinajstić information content (AvgIpc) is 2.56. The number of halogens is 2. The van der Waals surface area contributed by atoms with E-state index in [9.17, 15) is 0 Å². The van der Waals surface area contributed by atoms with Gasteiger partial charge in [0, 0.05) is 16.4 Å². The number of hydrogen-bond acceptors (Lipinski definition) is 1. The minimum atomic E-state index is 0.547. The number of benzene rings is 3. The van der Waals surface area contributed by atoms with Crippen molar-refractivity contribution in [3.05, 3.63) is 91.3 Å². The summed E-state index contributed by atoms with van der Waals surface area (Å²) in [7, 11) is 0. The lowest BCUT2D eigenvalue weighted by molar-refractivity contribution is 0.471. The summed E-state index contributed by atoms with van der Waals surface area (Å²) in [5, 5.41) is 3.06. The van der Waals surface area contributed by atoms with Gasteiger partial charge in [0.1, 0.15) is 11.5 Å². The molecule has 0 N–H and O–H groups in total. The van der Waals surface area contributed by atoms with Crippen LogP contribution in [0.3, 0.4) is 0 Å². The lowest BCUT2D eigenvalue weighted by Gasteiger charge is -2.23. The van der Waals surface area contributed by atoms with E-state index in [0.717, 1.165) is 49.8 Å². The van der Waals surface area contributed by atoms with Gasteiger partial charge in [0.2, 0.25) is 0 Å². The van der Waals surface area contributed by atoms with E-state index in [1.165, 1.54) is 0 Å². The highest BCUT2D eigenvalue weighted by Crippen LogP contribution is 2.39. The molecule has 0 aromatic heterocycles. The van der Waals surface area contributed by atoms with Crippen LogP contribution in [0.4, 0.5) is 0 Å². The number of hydrogen-bond donors (Lipinski definition) is 0. The Morgan fingerprint density at radius 2 is 1.56 bits per heavy atom. The molecule has 1 aliphatic rings. The molecule has 0 radical (unpaired) electrons. The number of fused-ring (bicyclic) bond motifs is 2. The van der Waals surface area contributed by atoms with Crippen molar-refractivity contribution in [3.63, 3.8) is 0 Å². The van der Waals surface area contributed by atoms with Crippen LogP contribution in [0.2, 0.25) is 10.0 Å². The fourth-order valence-electron chi connectivity index (χ4n) is 3.25. The molecule has 25 heavy (non-hydrogen) atoms. The summed E-state index contributed by atoms with van der Waals surface area (Å²) in [4.78, 5) is 0. The summed E-state index contributed by atoms with van der Waals surface area (Å²) >= 11 is 12.5. The van der Waals surface area contributed by atoms with Gasteiger partial charge >= 0.3 is 0 Å². The first-order chi connectivity index (χ1) is 11.9. The first kappa shape index (κ1) is 16.3. The summed E-state index contributed by atoms with van der Waals surface area (Å²) in [6.07, 6.45) is 0. The van der Waals surface area contributed by atoms with E-state index in [1.807, 2.05) is 31.2 Å². The molecule has 3 aromatic rings. The van der Waals surface area contributed by atoms with Crippen molar-refractivity contribution in [1.29, 1.82) is 0 Å². The van der Waals surface area contributed by atoms with Gasteiger partial charge in [-0.3, -0.25) is 0 Å². The Bertz CT molecular complexity index is 1130. The Balaban J connectivity index is 2.15. The Morgan fingerprint density at radius 3 is 2.36 bits per heavy atom. The fourth-order valence-corrected chi connectivity index (χ4v) is 3.63. The van der Waals surface area contributed by atoms with Crippen LogP contribution in [0, 0.1) is 13.8 Å². The first-order valence-corrected chi connectivity index (χ1v) is 8.78. The van der Waals surface area contributed by atoms with Crippen molar-refractivity contribution in [3.8, 4) is 11.5 Å². The van der Waals surface area contributed by atoms with E-state index < -0.39 is 0 Å². The minimum absolute atomic E-state index is 0.547. The van der Waals surface area contributed by atoms with E-state index in [2.05, 4.69) is 37.8 Å². The van der Waals surface area contributed by atoms with Crippen molar-refractivity contribution >= 4 is 35.4 Å². The summed E-state index contributed by atoms with van der Waals surface area (Å²) in [6, 6.07) is 16.1. The second-order valence-electron chi connectivity index (χ2n) is 6.39. The molecule has 0 bridgehead atoms. The van der Waals surface area contributed by atoms with Gasteiger partial charge in [-0.15, -0.1) is 0 Å². The summed E-state index contributed by atoms with van der Waals surface area (Å²) in [5.41, 5.74) is 5.44. The summed E-state index contributed by atoms with van der Waals surface area (Å²) in [6.45, 7) is 8.12. The summed E-state index contributed by atoms with van der Waals surface area (Å²) in [5.74, 6) is 1.66. The van der Waals surface area contributed by atoms with Crippen molar-refractivity contribution in [2.24, 2.45) is 0 Å². The number of ether oxygens (including phenoxy) is 1. The van der Waals surface area contributed by atoms with E-state index in [1.54, 1.807) is 0 Å². The molecular formula is C22H16Cl2O. The highest BCUT2D eigenvalue weighted by Gasteiger charge is 2.21. The molecule has 3 heteroatoms. The van der Waals surface area contributed by atoms with E-state index in [-0.39, 0.29) is 0 Å². The maximum Gasteiger partial charge on any atom is 0.135 e. The molecule has 124 valence electrons. The molecule has 0 saturated heterocycles. The van der Waals surface area contributed by atoms with Gasteiger partial charge in [0.15, 0.2) is 0 Å². The summed E-state index contributed by atoms with van der Waals surface area (Å²) < 4.78 is 6.16. The first-order valence-electron chi connectivity index (χ1n) is 8.02. The van der Waals surface area contributed by atoms with E-state index in [0.29, 0.717) is 10.0 Å². The smallest absolute Gasteiger partial charge is 0.135 e. The highest BCUT2D eigenvalue weighted by atomic mass is 35.5. The zero-order valence-electron chi connectivity index (χ0n) is 14.0. The number of rotatable bonds is 1. The van der Waals surface area contributed by atoms with Gasteiger partial charge in [-0.1, -0.05) is 54.0 Å². The fraction of sp³-hybridized carbons (Fsp3) is 0.0909. The monoisotopic (exact) mass is 366 g/mol. The molecular weight excluding hydrogens is 351 g/mol. The topological polar surface area (TPSA) is 9.23 Å². The second-order valence-corrected chi connectivity index (χ2v) is 7.20. The molecule has 0 saturated carbocycles. The SMILES string of the molecule is C=c1ccc2c(c1)Oc1cc(C)ccc1C=2c1cc(Cl)c(Cl)cc1C. The molecule has 0 atom stereocenters. The molecule has 0 unspecified atom stereocenters. The van der Waals surface area contributed by atoms with Gasteiger partial charge in [0.05, 0.1) is 10.0 Å². The molecule has 0 spiro atoms. The zero-order valence-corrected chi connectivity index (χ0v) is 15.5. The predicted octanol–water partition coefficient (Wildman–Crippen LogP) is 5.37. The number of aryl methyl sites for hydroxylation is 2.